The Balaban J connectivity index is 2.48. The van der Waals surface area contributed by atoms with Crippen molar-refractivity contribution >= 4 is 35.0 Å². The summed E-state index contributed by atoms with van der Waals surface area (Å²) < 4.78 is 0. The summed E-state index contributed by atoms with van der Waals surface area (Å²) in [6, 6.07) is 5.37. The fraction of sp³-hybridized carbons (Fsp3) is 0.500. The van der Waals surface area contributed by atoms with Crippen LogP contribution in [0.25, 0.3) is 0 Å². The van der Waals surface area contributed by atoms with E-state index < -0.39 is 5.60 Å². The van der Waals surface area contributed by atoms with Crippen LogP contribution in [0, 0.1) is 0 Å². The van der Waals surface area contributed by atoms with Crippen molar-refractivity contribution in [1.29, 1.82) is 0 Å². The third-order valence-corrected chi connectivity index (χ3v) is 3.80. The molecule has 1 aromatic carbocycles. The van der Waals surface area contributed by atoms with Gasteiger partial charge in [0.1, 0.15) is 0 Å². The largest absolute Gasteiger partial charge is 0.388 e. The molecule has 0 spiro atoms. The molecule has 2 nitrogen and oxygen atoms in total. The Bertz CT molecular complexity index is 372. The Kier molecular flexibility index (Phi) is 6.10. The maximum atomic E-state index is 9.97. The van der Waals surface area contributed by atoms with E-state index in [0.717, 1.165) is 5.56 Å². The first-order valence-corrected chi connectivity index (χ1v) is 7.45. The maximum absolute atomic E-state index is 9.97. The summed E-state index contributed by atoms with van der Waals surface area (Å²) in [6.45, 7) is 2.94. The molecule has 0 amide bonds. The van der Waals surface area contributed by atoms with Gasteiger partial charge in [0, 0.05) is 28.9 Å². The lowest BCUT2D eigenvalue weighted by molar-refractivity contribution is 0.0846. The van der Waals surface area contributed by atoms with Crippen molar-refractivity contribution in [2.24, 2.45) is 0 Å². The molecular formula is C12H17Cl2NOS. The molecule has 1 aromatic rings. The molecule has 0 aliphatic carbocycles. The Morgan fingerprint density at radius 1 is 1.41 bits per heavy atom. The first kappa shape index (κ1) is 15.1. The van der Waals surface area contributed by atoms with E-state index in [0.29, 0.717) is 28.9 Å². The molecule has 0 bridgehead atoms. The first-order valence-electron chi connectivity index (χ1n) is 5.30. The number of halogens is 2. The number of nitrogens with one attached hydrogen (secondary N) is 1. The molecule has 0 aromatic heterocycles. The van der Waals surface area contributed by atoms with Gasteiger partial charge in [-0.05, 0) is 36.9 Å². The molecule has 0 aliphatic heterocycles. The standard InChI is InChI=1S/C12H17Cl2NOS/c1-12(16,8-17-2)7-15-6-9-5-10(13)3-4-11(9)14/h3-5,15-16H,6-8H2,1-2H3. The highest BCUT2D eigenvalue weighted by Gasteiger charge is 2.18. The van der Waals surface area contributed by atoms with Gasteiger partial charge in [-0.15, -0.1) is 0 Å². The third-order valence-electron chi connectivity index (χ3n) is 2.28. The summed E-state index contributed by atoms with van der Waals surface area (Å²) in [6.07, 6.45) is 1.97. The van der Waals surface area contributed by atoms with Crippen LogP contribution < -0.4 is 5.32 Å². The van der Waals surface area contributed by atoms with E-state index in [4.69, 9.17) is 23.2 Å². The molecule has 0 fully saturated rings. The Labute approximate surface area is 117 Å². The van der Waals surface area contributed by atoms with Crippen LogP contribution >= 0.6 is 35.0 Å². The van der Waals surface area contributed by atoms with Crippen molar-refractivity contribution in [2.75, 3.05) is 18.6 Å². The van der Waals surface area contributed by atoms with Crippen molar-refractivity contribution in [2.45, 2.75) is 19.1 Å². The maximum Gasteiger partial charge on any atom is 0.0833 e. The van der Waals surface area contributed by atoms with Crippen LogP contribution in [0.1, 0.15) is 12.5 Å². The van der Waals surface area contributed by atoms with E-state index in [1.54, 1.807) is 23.9 Å². The summed E-state index contributed by atoms with van der Waals surface area (Å²) in [4.78, 5) is 0. The van der Waals surface area contributed by atoms with Crippen LogP contribution in [-0.4, -0.2) is 29.3 Å². The lowest BCUT2D eigenvalue weighted by atomic mass is 10.1. The summed E-state index contributed by atoms with van der Waals surface area (Å²) in [5.41, 5.74) is 0.240. The van der Waals surface area contributed by atoms with Crippen molar-refractivity contribution in [3.63, 3.8) is 0 Å². The predicted octanol–water partition coefficient (Wildman–Crippen LogP) is 3.20. The van der Waals surface area contributed by atoms with E-state index in [2.05, 4.69) is 5.32 Å². The molecule has 1 atom stereocenters. The first-order chi connectivity index (χ1) is 7.94. The zero-order valence-corrected chi connectivity index (χ0v) is 12.3. The summed E-state index contributed by atoms with van der Waals surface area (Å²) in [5.74, 6) is 0.698. The van der Waals surface area contributed by atoms with Gasteiger partial charge in [-0.1, -0.05) is 23.2 Å². The van der Waals surface area contributed by atoms with E-state index in [1.807, 2.05) is 19.2 Å². The van der Waals surface area contributed by atoms with Gasteiger partial charge in [0.15, 0.2) is 0 Å². The van der Waals surface area contributed by atoms with Crippen molar-refractivity contribution < 1.29 is 5.11 Å². The van der Waals surface area contributed by atoms with E-state index in [9.17, 15) is 5.11 Å². The van der Waals surface area contributed by atoms with Gasteiger partial charge < -0.3 is 10.4 Å². The fourth-order valence-electron chi connectivity index (χ4n) is 1.51. The fourth-order valence-corrected chi connectivity index (χ4v) is 2.61. The smallest absolute Gasteiger partial charge is 0.0833 e. The van der Waals surface area contributed by atoms with Gasteiger partial charge in [0.2, 0.25) is 0 Å². The van der Waals surface area contributed by atoms with Gasteiger partial charge in [-0.25, -0.2) is 0 Å². The molecule has 1 rings (SSSR count). The van der Waals surface area contributed by atoms with E-state index >= 15 is 0 Å². The number of thioether (sulfide) groups is 1. The van der Waals surface area contributed by atoms with Gasteiger partial charge in [0.25, 0.3) is 0 Å². The second-order valence-electron chi connectivity index (χ2n) is 4.27. The van der Waals surface area contributed by atoms with Crippen LogP contribution in [0.2, 0.25) is 10.0 Å². The van der Waals surface area contributed by atoms with Gasteiger partial charge in [-0.2, -0.15) is 11.8 Å². The Hall–Kier alpha value is 0.0700. The second-order valence-corrected chi connectivity index (χ2v) is 5.98. The minimum Gasteiger partial charge on any atom is -0.388 e. The Morgan fingerprint density at radius 2 is 2.12 bits per heavy atom. The number of hydrogen-bond donors (Lipinski definition) is 2. The number of rotatable bonds is 6. The normalized spacial score (nSPS) is 14.6. The highest BCUT2D eigenvalue weighted by Crippen LogP contribution is 2.20. The molecule has 0 saturated heterocycles. The SMILES string of the molecule is CSCC(C)(O)CNCc1cc(Cl)ccc1Cl. The highest BCUT2D eigenvalue weighted by atomic mass is 35.5. The highest BCUT2D eigenvalue weighted by molar-refractivity contribution is 7.98. The van der Waals surface area contributed by atoms with Crippen LogP contribution in [0.3, 0.4) is 0 Å². The van der Waals surface area contributed by atoms with E-state index in [-0.39, 0.29) is 0 Å². The van der Waals surface area contributed by atoms with Gasteiger partial charge in [0.05, 0.1) is 5.60 Å². The molecule has 5 heteroatoms. The number of aliphatic hydroxyl groups is 1. The summed E-state index contributed by atoms with van der Waals surface area (Å²) in [7, 11) is 0. The second kappa shape index (κ2) is 6.86. The zero-order valence-electron chi connectivity index (χ0n) is 9.96. The van der Waals surface area contributed by atoms with Crippen molar-refractivity contribution in [3.05, 3.63) is 33.8 Å². The van der Waals surface area contributed by atoms with Crippen molar-refractivity contribution in [1.82, 2.24) is 5.32 Å². The molecule has 0 aliphatic rings. The average Bonchev–Trinajstić information content (AvgIpc) is 2.23. The molecule has 17 heavy (non-hydrogen) atoms. The zero-order chi connectivity index (χ0) is 12.9. The minimum absolute atomic E-state index is 0.524. The lowest BCUT2D eigenvalue weighted by Crippen LogP contribution is -2.39. The van der Waals surface area contributed by atoms with E-state index in [1.165, 1.54) is 0 Å². The summed E-state index contributed by atoms with van der Waals surface area (Å²) >= 11 is 13.6. The van der Waals surface area contributed by atoms with Crippen LogP contribution in [0.15, 0.2) is 18.2 Å². The molecule has 2 N–H and O–H groups in total. The molecule has 0 heterocycles. The molecule has 96 valence electrons. The predicted molar refractivity (Wildman–Crippen MR) is 77.2 cm³/mol. The van der Waals surface area contributed by atoms with Gasteiger partial charge in [-0.3, -0.25) is 0 Å². The minimum atomic E-state index is -0.704. The van der Waals surface area contributed by atoms with Crippen LogP contribution in [0.5, 0.6) is 0 Å². The monoisotopic (exact) mass is 293 g/mol. The topological polar surface area (TPSA) is 32.3 Å². The number of benzene rings is 1. The molecule has 0 radical (unpaired) electrons. The third kappa shape index (κ3) is 5.49. The van der Waals surface area contributed by atoms with Crippen LogP contribution in [-0.2, 0) is 6.54 Å². The van der Waals surface area contributed by atoms with Gasteiger partial charge >= 0.3 is 0 Å². The molecule has 1 unspecified atom stereocenters. The molecular weight excluding hydrogens is 277 g/mol. The van der Waals surface area contributed by atoms with Crippen LogP contribution in [0.4, 0.5) is 0 Å². The average molecular weight is 294 g/mol. The quantitative estimate of drug-likeness (QED) is 0.845. The summed E-state index contributed by atoms with van der Waals surface area (Å²) in [5, 5.41) is 14.5. The lowest BCUT2D eigenvalue weighted by Gasteiger charge is -2.22. The Morgan fingerprint density at radius 3 is 2.76 bits per heavy atom. The molecule has 0 saturated carbocycles. The van der Waals surface area contributed by atoms with Crippen molar-refractivity contribution in [3.8, 4) is 0 Å². The number of hydrogen-bond acceptors (Lipinski definition) is 3.